The first-order valence-corrected chi connectivity index (χ1v) is 7.41. The van der Waals surface area contributed by atoms with E-state index in [0.29, 0.717) is 0 Å². The first kappa shape index (κ1) is 14.5. The fourth-order valence-corrected chi connectivity index (χ4v) is 3.30. The van der Waals surface area contributed by atoms with E-state index in [1.54, 1.807) is 0 Å². The molecule has 0 bridgehead atoms. The van der Waals surface area contributed by atoms with E-state index in [4.69, 9.17) is 0 Å². The third-order valence-corrected chi connectivity index (χ3v) is 5.12. The monoisotopic (exact) mass is 394 g/mol. The standard InChI is InChI=1S/C14H20BrI/c1-13(2,3)9-7-8-10(16)12(15)11(9)14(4,5)6/h7-8H,1-6H3. The number of hydrogen-bond donors (Lipinski definition) is 0. The van der Waals surface area contributed by atoms with Crippen molar-refractivity contribution in [1.82, 2.24) is 0 Å². The van der Waals surface area contributed by atoms with Crippen molar-refractivity contribution in [3.63, 3.8) is 0 Å². The molecule has 0 saturated carbocycles. The molecule has 0 aliphatic carbocycles. The van der Waals surface area contributed by atoms with Gasteiger partial charge in [-0.05, 0) is 66.5 Å². The normalized spacial score (nSPS) is 13.0. The lowest BCUT2D eigenvalue weighted by molar-refractivity contribution is 0.527. The maximum atomic E-state index is 3.75. The smallest absolute Gasteiger partial charge is 0.0349 e. The second-order valence-electron chi connectivity index (χ2n) is 6.28. The van der Waals surface area contributed by atoms with Gasteiger partial charge in [0, 0.05) is 8.04 Å². The van der Waals surface area contributed by atoms with Crippen molar-refractivity contribution >= 4 is 38.5 Å². The molecule has 0 aliphatic heterocycles. The minimum absolute atomic E-state index is 0.169. The van der Waals surface area contributed by atoms with Crippen LogP contribution in [0.2, 0.25) is 0 Å². The van der Waals surface area contributed by atoms with Gasteiger partial charge in [0.1, 0.15) is 0 Å². The molecule has 0 N–H and O–H groups in total. The van der Waals surface area contributed by atoms with Gasteiger partial charge in [0.05, 0.1) is 0 Å². The molecule has 1 rings (SSSR count). The van der Waals surface area contributed by atoms with Gasteiger partial charge < -0.3 is 0 Å². The minimum atomic E-state index is 0.169. The van der Waals surface area contributed by atoms with Crippen LogP contribution in [0.4, 0.5) is 0 Å². The highest BCUT2D eigenvalue weighted by atomic mass is 127. The highest BCUT2D eigenvalue weighted by Crippen LogP contribution is 2.40. The van der Waals surface area contributed by atoms with Crippen molar-refractivity contribution in [3.8, 4) is 0 Å². The fourth-order valence-electron chi connectivity index (χ4n) is 1.91. The van der Waals surface area contributed by atoms with Crippen LogP contribution in [-0.2, 0) is 10.8 Å². The molecular formula is C14H20BrI. The van der Waals surface area contributed by atoms with Crippen LogP contribution in [0.15, 0.2) is 16.6 Å². The number of benzene rings is 1. The summed E-state index contributed by atoms with van der Waals surface area (Å²) in [7, 11) is 0. The molecule has 90 valence electrons. The van der Waals surface area contributed by atoms with Gasteiger partial charge in [-0.25, -0.2) is 0 Å². The van der Waals surface area contributed by atoms with Gasteiger partial charge in [-0.15, -0.1) is 0 Å². The molecule has 0 aromatic heterocycles. The lowest BCUT2D eigenvalue weighted by atomic mass is 9.75. The first-order valence-electron chi connectivity index (χ1n) is 5.54. The zero-order valence-electron chi connectivity index (χ0n) is 10.9. The first-order chi connectivity index (χ1) is 7.05. The van der Waals surface area contributed by atoms with Crippen LogP contribution in [0.3, 0.4) is 0 Å². The van der Waals surface area contributed by atoms with Crippen LogP contribution >= 0.6 is 38.5 Å². The van der Waals surface area contributed by atoms with Crippen molar-refractivity contribution in [3.05, 3.63) is 31.3 Å². The molecule has 2 heteroatoms. The fraction of sp³-hybridized carbons (Fsp3) is 0.571. The van der Waals surface area contributed by atoms with E-state index in [0.717, 1.165) is 0 Å². The van der Waals surface area contributed by atoms with Crippen molar-refractivity contribution in [2.24, 2.45) is 0 Å². The lowest BCUT2D eigenvalue weighted by Gasteiger charge is -2.31. The summed E-state index contributed by atoms with van der Waals surface area (Å²) >= 11 is 6.14. The van der Waals surface area contributed by atoms with Crippen LogP contribution < -0.4 is 0 Å². The zero-order chi connectivity index (χ0) is 12.7. The van der Waals surface area contributed by atoms with Gasteiger partial charge in [-0.1, -0.05) is 47.6 Å². The van der Waals surface area contributed by atoms with Crippen LogP contribution in [0.5, 0.6) is 0 Å². The van der Waals surface area contributed by atoms with Gasteiger partial charge in [0.25, 0.3) is 0 Å². The highest BCUT2D eigenvalue weighted by Gasteiger charge is 2.27. The molecule has 0 heterocycles. The molecule has 0 saturated heterocycles. The second kappa shape index (κ2) is 4.60. The predicted octanol–water partition coefficient (Wildman–Crippen LogP) is 5.65. The topological polar surface area (TPSA) is 0 Å². The van der Waals surface area contributed by atoms with Gasteiger partial charge in [0.15, 0.2) is 0 Å². The molecule has 0 atom stereocenters. The summed E-state index contributed by atoms with van der Waals surface area (Å²) in [6.07, 6.45) is 0. The molecule has 0 radical (unpaired) electrons. The van der Waals surface area contributed by atoms with E-state index < -0.39 is 0 Å². The predicted molar refractivity (Wildman–Crippen MR) is 84.3 cm³/mol. The summed E-state index contributed by atoms with van der Waals surface area (Å²) in [5.74, 6) is 0. The zero-order valence-corrected chi connectivity index (χ0v) is 14.7. The summed E-state index contributed by atoms with van der Waals surface area (Å²) < 4.78 is 2.54. The lowest BCUT2D eigenvalue weighted by Crippen LogP contribution is -2.23. The van der Waals surface area contributed by atoms with Crippen LogP contribution in [0.1, 0.15) is 52.7 Å². The van der Waals surface area contributed by atoms with Gasteiger partial charge in [0.2, 0.25) is 0 Å². The molecule has 0 spiro atoms. The molecule has 1 aromatic carbocycles. The summed E-state index contributed by atoms with van der Waals surface area (Å²) in [6, 6.07) is 4.47. The highest BCUT2D eigenvalue weighted by molar-refractivity contribution is 14.1. The largest absolute Gasteiger partial charge is 0.0571 e. The van der Waals surface area contributed by atoms with E-state index >= 15 is 0 Å². The summed E-state index contributed by atoms with van der Waals surface area (Å²) in [5, 5.41) is 0. The van der Waals surface area contributed by atoms with Crippen molar-refractivity contribution < 1.29 is 0 Å². The maximum Gasteiger partial charge on any atom is 0.0349 e. The van der Waals surface area contributed by atoms with Crippen molar-refractivity contribution in [1.29, 1.82) is 0 Å². The Labute approximate surface area is 121 Å². The van der Waals surface area contributed by atoms with E-state index in [-0.39, 0.29) is 10.8 Å². The quantitative estimate of drug-likeness (QED) is 0.499. The minimum Gasteiger partial charge on any atom is -0.0571 e. The summed E-state index contributed by atoms with van der Waals surface area (Å²) in [4.78, 5) is 0. The molecule has 16 heavy (non-hydrogen) atoms. The average Bonchev–Trinajstić information content (AvgIpc) is 2.05. The Bertz CT molecular complexity index is 394. The summed E-state index contributed by atoms with van der Waals surface area (Å²) in [6.45, 7) is 13.7. The third-order valence-electron chi connectivity index (χ3n) is 2.65. The number of halogens is 2. The average molecular weight is 395 g/mol. The van der Waals surface area contributed by atoms with E-state index in [9.17, 15) is 0 Å². The van der Waals surface area contributed by atoms with Gasteiger partial charge in [-0.2, -0.15) is 0 Å². The Morgan fingerprint density at radius 1 is 0.938 bits per heavy atom. The van der Waals surface area contributed by atoms with E-state index in [2.05, 4.69) is 92.2 Å². The summed E-state index contributed by atoms with van der Waals surface area (Å²) in [5.41, 5.74) is 3.23. The molecule has 0 unspecified atom stereocenters. The molecule has 0 aliphatic rings. The molecule has 0 nitrogen and oxygen atoms in total. The Morgan fingerprint density at radius 3 is 1.81 bits per heavy atom. The van der Waals surface area contributed by atoms with Crippen LogP contribution in [0, 0.1) is 3.57 Å². The van der Waals surface area contributed by atoms with Crippen LogP contribution in [0.25, 0.3) is 0 Å². The van der Waals surface area contributed by atoms with Crippen molar-refractivity contribution in [2.45, 2.75) is 52.4 Å². The Morgan fingerprint density at radius 2 is 1.44 bits per heavy atom. The van der Waals surface area contributed by atoms with E-state index in [1.165, 1.54) is 19.2 Å². The maximum absolute atomic E-state index is 3.75. The molecular weight excluding hydrogens is 375 g/mol. The Hall–Kier alpha value is 0.430. The van der Waals surface area contributed by atoms with E-state index in [1.807, 2.05) is 0 Å². The SMILES string of the molecule is CC(C)(C)c1ccc(I)c(Br)c1C(C)(C)C. The molecule has 1 aromatic rings. The second-order valence-corrected chi connectivity index (χ2v) is 8.24. The Kier molecular flexibility index (Phi) is 4.17. The third kappa shape index (κ3) is 3.00. The van der Waals surface area contributed by atoms with Crippen molar-refractivity contribution in [2.75, 3.05) is 0 Å². The Balaban J connectivity index is 3.59. The van der Waals surface area contributed by atoms with Gasteiger partial charge in [-0.3, -0.25) is 0 Å². The molecule has 0 amide bonds. The number of hydrogen-bond acceptors (Lipinski definition) is 0. The van der Waals surface area contributed by atoms with Crippen LogP contribution in [-0.4, -0.2) is 0 Å². The number of rotatable bonds is 0. The van der Waals surface area contributed by atoms with Gasteiger partial charge >= 0.3 is 0 Å². The molecule has 0 fully saturated rings.